The minimum atomic E-state index is -3.85. The molecule has 1 amide bonds. The summed E-state index contributed by atoms with van der Waals surface area (Å²) in [5.41, 5.74) is 3.74. The van der Waals surface area contributed by atoms with Gasteiger partial charge in [-0.15, -0.1) is 0 Å². The molecule has 7 nitrogen and oxygen atoms in total. The van der Waals surface area contributed by atoms with Crippen molar-refractivity contribution in [3.63, 3.8) is 0 Å². The SMILES string of the molecule is CCN(CC(=O)N[C@@H](Cc1ccc(C)cc1C)B(O)O)S(=O)(=O)c1cccc(C)c1. The fourth-order valence-corrected chi connectivity index (χ4v) is 4.76. The zero-order valence-electron chi connectivity index (χ0n) is 17.8. The quantitative estimate of drug-likeness (QED) is 0.519. The van der Waals surface area contributed by atoms with Crippen LogP contribution in [0.15, 0.2) is 47.4 Å². The molecule has 0 aliphatic carbocycles. The largest absolute Gasteiger partial charge is 0.475 e. The molecule has 2 rings (SSSR count). The molecule has 9 heteroatoms. The van der Waals surface area contributed by atoms with Crippen molar-refractivity contribution in [1.29, 1.82) is 0 Å². The van der Waals surface area contributed by atoms with Gasteiger partial charge in [-0.3, -0.25) is 4.79 Å². The maximum Gasteiger partial charge on any atom is 0.475 e. The molecule has 0 spiro atoms. The third-order valence-electron chi connectivity index (χ3n) is 4.94. The second-order valence-electron chi connectivity index (χ2n) is 7.47. The first-order valence-corrected chi connectivity index (χ1v) is 11.3. The van der Waals surface area contributed by atoms with Crippen molar-refractivity contribution < 1.29 is 23.3 Å². The lowest BCUT2D eigenvalue weighted by atomic mass is 9.75. The van der Waals surface area contributed by atoms with Gasteiger partial charge in [0.1, 0.15) is 0 Å². The van der Waals surface area contributed by atoms with Gasteiger partial charge >= 0.3 is 7.12 Å². The summed E-state index contributed by atoms with van der Waals surface area (Å²) in [4.78, 5) is 12.7. The molecule has 30 heavy (non-hydrogen) atoms. The Morgan fingerprint density at radius 3 is 2.33 bits per heavy atom. The van der Waals surface area contributed by atoms with E-state index >= 15 is 0 Å². The van der Waals surface area contributed by atoms with Gasteiger partial charge in [0.25, 0.3) is 0 Å². The number of sulfonamides is 1. The van der Waals surface area contributed by atoms with E-state index < -0.39 is 35.5 Å². The minimum absolute atomic E-state index is 0.104. The standard InChI is InChI=1S/C21H29BN2O5S/c1-5-24(30(28,29)19-8-6-7-15(2)12-19)14-21(25)23-20(22(26)27)13-18-10-9-16(3)11-17(18)4/h6-12,20,26-27H,5,13-14H2,1-4H3,(H,23,25)/t20-/m0/s1. The zero-order chi connectivity index (χ0) is 22.5. The van der Waals surface area contributed by atoms with Crippen LogP contribution < -0.4 is 5.32 Å². The van der Waals surface area contributed by atoms with E-state index in [2.05, 4.69) is 5.32 Å². The summed E-state index contributed by atoms with van der Waals surface area (Å²) in [5, 5.41) is 22.0. The molecule has 2 aromatic rings. The molecular formula is C21H29BN2O5S. The molecule has 0 unspecified atom stereocenters. The molecule has 3 N–H and O–H groups in total. The molecule has 0 radical (unpaired) electrons. The summed E-state index contributed by atoms with van der Waals surface area (Å²) in [6.45, 7) is 7.01. The number of aryl methyl sites for hydroxylation is 3. The van der Waals surface area contributed by atoms with Crippen molar-refractivity contribution in [3.05, 3.63) is 64.7 Å². The van der Waals surface area contributed by atoms with Crippen LogP contribution in [0.1, 0.15) is 29.2 Å². The van der Waals surface area contributed by atoms with Crippen LogP contribution in [0, 0.1) is 20.8 Å². The Bertz CT molecular complexity index is 995. The number of likely N-dealkylation sites (N-methyl/N-ethyl adjacent to an activating group) is 1. The van der Waals surface area contributed by atoms with Gasteiger partial charge in [0.05, 0.1) is 17.4 Å². The topological polar surface area (TPSA) is 107 Å². The van der Waals surface area contributed by atoms with E-state index in [-0.39, 0.29) is 17.9 Å². The van der Waals surface area contributed by atoms with E-state index in [1.807, 2.05) is 32.0 Å². The van der Waals surface area contributed by atoms with E-state index in [1.54, 1.807) is 32.0 Å². The van der Waals surface area contributed by atoms with E-state index in [1.165, 1.54) is 6.07 Å². The Balaban J connectivity index is 2.13. The highest BCUT2D eigenvalue weighted by Crippen LogP contribution is 2.17. The van der Waals surface area contributed by atoms with Gasteiger partial charge in [0, 0.05) is 6.54 Å². The predicted octanol–water partition coefficient (Wildman–Crippen LogP) is 1.36. The van der Waals surface area contributed by atoms with Crippen LogP contribution in [0.5, 0.6) is 0 Å². The Morgan fingerprint density at radius 2 is 1.77 bits per heavy atom. The minimum Gasteiger partial charge on any atom is -0.426 e. The number of benzene rings is 2. The highest BCUT2D eigenvalue weighted by atomic mass is 32.2. The van der Waals surface area contributed by atoms with Crippen molar-refractivity contribution in [1.82, 2.24) is 9.62 Å². The Kier molecular flexibility index (Phi) is 8.20. The molecule has 0 aliphatic heterocycles. The normalized spacial score (nSPS) is 12.6. The number of nitrogens with one attached hydrogen (secondary N) is 1. The third kappa shape index (κ3) is 6.15. The van der Waals surface area contributed by atoms with Gasteiger partial charge in [-0.2, -0.15) is 4.31 Å². The maximum atomic E-state index is 12.9. The highest BCUT2D eigenvalue weighted by Gasteiger charge is 2.29. The molecule has 0 bridgehead atoms. The number of amides is 1. The number of carbonyl (C=O) groups excluding carboxylic acids is 1. The van der Waals surface area contributed by atoms with Crippen LogP contribution in [0.2, 0.25) is 0 Å². The van der Waals surface area contributed by atoms with Crippen LogP contribution in [0.25, 0.3) is 0 Å². The molecule has 162 valence electrons. The summed E-state index contributed by atoms with van der Waals surface area (Å²) in [7, 11) is -5.63. The van der Waals surface area contributed by atoms with Crippen molar-refractivity contribution in [3.8, 4) is 0 Å². The fraction of sp³-hybridized carbons (Fsp3) is 0.381. The summed E-state index contributed by atoms with van der Waals surface area (Å²) >= 11 is 0. The fourth-order valence-electron chi connectivity index (χ4n) is 3.25. The van der Waals surface area contributed by atoms with E-state index in [4.69, 9.17) is 0 Å². The summed E-state index contributed by atoms with van der Waals surface area (Å²) in [6, 6.07) is 12.3. The van der Waals surface area contributed by atoms with Crippen molar-refractivity contribution >= 4 is 23.0 Å². The van der Waals surface area contributed by atoms with E-state index in [0.29, 0.717) is 0 Å². The Morgan fingerprint density at radius 1 is 1.10 bits per heavy atom. The number of hydrogen-bond donors (Lipinski definition) is 3. The van der Waals surface area contributed by atoms with Crippen LogP contribution >= 0.6 is 0 Å². The molecule has 0 heterocycles. The lowest BCUT2D eigenvalue weighted by molar-refractivity contribution is -0.121. The van der Waals surface area contributed by atoms with Gasteiger partial charge in [-0.25, -0.2) is 8.42 Å². The summed E-state index contributed by atoms with van der Waals surface area (Å²) < 4.78 is 26.8. The van der Waals surface area contributed by atoms with Crippen molar-refractivity contribution in [2.24, 2.45) is 0 Å². The molecule has 0 aliphatic rings. The number of rotatable bonds is 9. The van der Waals surface area contributed by atoms with Crippen molar-refractivity contribution in [2.75, 3.05) is 13.1 Å². The zero-order valence-corrected chi connectivity index (χ0v) is 18.6. The Hall–Kier alpha value is -2.20. The number of carbonyl (C=O) groups is 1. The lowest BCUT2D eigenvalue weighted by Gasteiger charge is -2.23. The smallest absolute Gasteiger partial charge is 0.426 e. The predicted molar refractivity (Wildman–Crippen MR) is 117 cm³/mol. The van der Waals surface area contributed by atoms with Gasteiger partial charge in [-0.1, -0.05) is 42.8 Å². The second-order valence-corrected chi connectivity index (χ2v) is 9.41. The molecule has 0 aromatic heterocycles. The van der Waals surface area contributed by atoms with Crippen LogP contribution in [0.4, 0.5) is 0 Å². The first-order valence-electron chi connectivity index (χ1n) is 9.83. The van der Waals surface area contributed by atoms with Crippen LogP contribution in [0.3, 0.4) is 0 Å². The molecule has 0 saturated carbocycles. The highest BCUT2D eigenvalue weighted by molar-refractivity contribution is 7.89. The maximum absolute atomic E-state index is 12.9. The average molecular weight is 432 g/mol. The second kappa shape index (κ2) is 10.2. The summed E-state index contributed by atoms with van der Waals surface area (Å²) in [5.74, 6) is -1.56. The molecule has 1 atom stereocenters. The van der Waals surface area contributed by atoms with Crippen LogP contribution in [-0.4, -0.2) is 54.8 Å². The monoisotopic (exact) mass is 432 g/mol. The molecule has 0 fully saturated rings. The number of hydrogen-bond acceptors (Lipinski definition) is 5. The van der Waals surface area contributed by atoms with Gasteiger partial charge in [0.2, 0.25) is 15.9 Å². The first kappa shape index (κ1) is 24.1. The summed E-state index contributed by atoms with van der Waals surface area (Å²) in [6.07, 6.45) is 0.215. The van der Waals surface area contributed by atoms with E-state index in [9.17, 15) is 23.3 Å². The molecule has 0 saturated heterocycles. The Labute approximate surface area is 178 Å². The number of nitrogens with zero attached hydrogens (tertiary/aromatic N) is 1. The lowest BCUT2D eigenvalue weighted by Crippen LogP contribution is -2.51. The average Bonchev–Trinajstić information content (AvgIpc) is 2.67. The van der Waals surface area contributed by atoms with E-state index in [0.717, 1.165) is 26.6 Å². The van der Waals surface area contributed by atoms with Crippen LogP contribution in [-0.2, 0) is 21.2 Å². The van der Waals surface area contributed by atoms with Gasteiger partial charge in [0.15, 0.2) is 0 Å². The molecule has 2 aromatic carbocycles. The van der Waals surface area contributed by atoms with Crippen molar-refractivity contribution in [2.45, 2.75) is 45.0 Å². The van der Waals surface area contributed by atoms with Gasteiger partial charge < -0.3 is 15.4 Å². The molecular weight excluding hydrogens is 403 g/mol. The van der Waals surface area contributed by atoms with Gasteiger partial charge in [-0.05, 0) is 56.0 Å². The third-order valence-corrected chi connectivity index (χ3v) is 6.86. The first-order chi connectivity index (χ1) is 14.0.